The number of ether oxygens (including phenoxy) is 1. The first-order chi connectivity index (χ1) is 8.45. The number of carbonyl (C=O) groups is 1. The Hall–Kier alpha value is -0.530. The molecule has 0 aromatic rings. The van der Waals surface area contributed by atoms with E-state index < -0.39 is 0 Å². The third kappa shape index (κ3) is 4.29. The summed E-state index contributed by atoms with van der Waals surface area (Å²) >= 11 is 0. The predicted molar refractivity (Wildman–Crippen MR) is 75.3 cm³/mol. The summed E-state index contributed by atoms with van der Waals surface area (Å²) < 4.78 is 5.59. The first-order valence-electron chi connectivity index (χ1n) is 7.62. The third-order valence-corrected chi connectivity index (χ3v) is 4.61. The van der Waals surface area contributed by atoms with Crippen LogP contribution < -0.4 is 0 Å². The summed E-state index contributed by atoms with van der Waals surface area (Å²) in [5, 5.41) is 0. The Balaban J connectivity index is 2.70. The van der Waals surface area contributed by atoms with Gasteiger partial charge in [-0.1, -0.05) is 40.5 Å². The van der Waals surface area contributed by atoms with E-state index in [1.807, 2.05) is 0 Å². The summed E-state index contributed by atoms with van der Waals surface area (Å²) in [6, 6.07) is 0. The SMILES string of the molecule is CCC[C@H](OC(C)=O)[C@H]1C[C@H](C(C)C)CC[C@@H]1C. The molecule has 0 amide bonds. The highest BCUT2D eigenvalue weighted by atomic mass is 16.5. The number of hydrogen-bond donors (Lipinski definition) is 0. The fraction of sp³-hybridized carbons (Fsp3) is 0.938. The first-order valence-corrected chi connectivity index (χ1v) is 7.62. The van der Waals surface area contributed by atoms with Crippen LogP contribution in [0.2, 0.25) is 0 Å². The van der Waals surface area contributed by atoms with E-state index in [2.05, 4.69) is 27.7 Å². The lowest BCUT2D eigenvalue weighted by Gasteiger charge is -2.40. The quantitative estimate of drug-likeness (QED) is 0.679. The van der Waals surface area contributed by atoms with Crippen LogP contribution in [0.15, 0.2) is 0 Å². The summed E-state index contributed by atoms with van der Waals surface area (Å²) in [7, 11) is 0. The van der Waals surface area contributed by atoms with Crippen molar-refractivity contribution in [3.63, 3.8) is 0 Å². The second-order valence-corrected chi connectivity index (χ2v) is 6.39. The lowest BCUT2D eigenvalue weighted by Crippen LogP contribution is -2.36. The largest absolute Gasteiger partial charge is 0.462 e. The van der Waals surface area contributed by atoms with E-state index in [0.717, 1.165) is 24.7 Å². The summed E-state index contributed by atoms with van der Waals surface area (Å²) in [6.07, 6.45) is 6.11. The molecule has 0 saturated heterocycles. The van der Waals surface area contributed by atoms with Crippen LogP contribution in [0.5, 0.6) is 0 Å². The predicted octanol–water partition coefficient (Wildman–Crippen LogP) is 4.43. The van der Waals surface area contributed by atoms with Gasteiger partial charge in [0, 0.05) is 6.92 Å². The van der Waals surface area contributed by atoms with E-state index in [4.69, 9.17) is 4.74 Å². The number of esters is 1. The fourth-order valence-corrected chi connectivity index (χ4v) is 3.37. The van der Waals surface area contributed by atoms with Gasteiger partial charge in [0.25, 0.3) is 0 Å². The molecule has 0 aromatic heterocycles. The van der Waals surface area contributed by atoms with Gasteiger partial charge in [-0.3, -0.25) is 4.79 Å². The molecule has 1 aliphatic carbocycles. The van der Waals surface area contributed by atoms with Gasteiger partial charge < -0.3 is 4.74 Å². The monoisotopic (exact) mass is 254 g/mol. The van der Waals surface area contributed by atoms with Gasteiger partial charge in [-0.25, -0.2) is 0 Å². The Bertz CT molecular complexity index is 260. The van der Waals surface area contributed by atoms with Crippen LogP contribution in [0, 0.1) is 23.7 Å². The molecule has 1 aliphatic rings. The summed E-state index contributed by atoms with van der Waals surface area (Å²) in [6.45, 7) is 10.7. The molecule has 106 valence electrons. The first kappa shape index (κ1) is 15.5. The van der Waals surface area contributed by atoms with Gasteiger partial charge in [0.1, 0.15) is 6.10 Å². The molecule has 0 N–H and O–H groups in total. The number of carbonyl (C=O) groups excluding carboxylic acids is 1. The van der Waals surface area contributed by atoms with Crippen molar-refractivity contribution in [2.75, 3.05) is 0 Å². The van der Waals surface area contributed by atoms with Crippen molar-refractivity contribution in [3.05, 3.63) is 0 Å². The van der Waals surface area contributed by atoms with Crippen molar-refractivity contribution >= 4 is 5.97 Å². The molecule has 0 bridgehead atoms. The van der Waals surface area contributed by atoms with Crippen molar-refractivity contribution in [3.8, 4) is 0 Å². The van der Waals surface area contributed by atoms with E-state index >= 15 is 0 Å². The van der Waals surface area contributed by atoms with Crippen LogP contribution >= 0.6 is 0 Å². The number of rotatable bonds is 5. The van der Waals surface area contributed by atoms with Crippen LogP contribution in [0.3, 0.4) is 0 Å². The smallest absolute Gasteiger partial charge is 0.302 e. The zero-order valence-electron chi connectivity index (χ0n) is 12.7. The van der Waals surface area contributed by atoms with Crippen molar-refractivity contribution in [1.82, 2.24) is 0 Å². The van der Waals surface area contributed by atoms with Crippen molar-refractivity contribution < 1.29 is 9.53 Å². The molecule has 18 heavy (non-hydrogen) atoms. The lowest BCUT2D eigenvalue weighted by molar-refractivity contribution is -0.152. The second kappa shape index (κ2) is 7.16. The van der Waals surface area contributed by atoms with Gasteiger partial charge in [-0.15, -0.1) is 0 Å². The van der Waals surface area contributed by atoms with Crippen molar-refractivity contribution in [1.29, 1.82) is 0 Å². The molecule has 2 heteroatoms. The maximum absolute atomic E-state index is 11.3. The van der Waals surface area contributed by atoms with Gasteiger partial charge in [-0.05, 0) is 42.9 Å². The molecule has 2 nitrogen and oxygen atoms in total. The Morgan fingerprint density at radius 1 is 1.33 bits per heavy atom. The minimum atomic E-state index is -0.118. The molecule has 0 radical (unpaired) electrons. The average molecular weight is 254 g/mol. The zero-order chi connectivity index (χ0) is 13.7. The van der Waals surface area contributed by atoms with Gasteiger partial charge in [0.15, 0.2) is 0 Å². The Labute approximate surface area is 112 Å². The normalized spacial score (nSPS) is 30.2. The second-order valence-electron chi connectivity index (χ2n) is 6.39. The van der Waals surface area contributed by atoms with Crippen LogP contribution in [0.25, 0.3) is 0 Å². The molecule has 0 aromatic carbocycles. The molecule has 0 heterocycles. The van der Waals surface area contributed by atoms with Crippen LogP contribution in [0.1, 0.15) is 66.7 Å². The minimum Gasteiger partial charge on any atom is -0.462 e. The third-order valence-electron chi connectivity index (χ3n) is 4.61. The van der Waals surface area contributed by atoms with Crippen molar-refractivity contribution in [2.24, 2.45) is 23.7 Å². The van der Waals surface area contributed by atoms with Gasteiger partial charge in [-0.2, -0.15) is 0 Å². The average Bonchev–Trinajstić information content (AvgIpc) is 2.28. The summed E-state index contributed by atoms with van der Waals surface area (Å²) in [5.74, 6) is 2.69. The van der Waals surface area contributed by atoms with Gasteiger partial charge in [0.2, 0.25) is 0 Å². The van der Waals surface area contributed by atoms with Gasteiger partial charge >= 0.3 is 5.97 Å². The zero-order valence-corrected chi connectivity index (χ0v) is 12.7. The maximum atomic E-state index is 11.3. The molecular weight excluding hydrogens is 224 g/mol. The highest BCUT2D eigenvalue weighted by Gasteiger charge is 2.35. The van der Waals surface area contributed by atoms with Crippen LogP contribution in [-0.2, 0) is 9.53 Å². The summed E-state index contributed by atoms with van der Waals surface area (Å²) in [5.41, 5.74) is 0. The number of hydrogen-bond acceptors (Lipinski definition) is 2. The summed E-state index contributed by atoms with van der Waals surface area (Å²) in [4.78, 5) is 11.3. The molecule has 0 spiro atoms. The minimum absolute atomic E-state index is 0.118. The van der Waals surface area contributed by atoms with Crippen LogP contribution in [-0.4, -0.2) is 12.1 Å². The highest BCUT2D eigenvalue weighted by molar-refractivity contribution is 5.66. The molecular formula is C16H30O2. The Kier molecular flexibility index (Phi) is 6.17. The van der Waals surface area contributed by atoms with E-state index in [9.17, 15) is 4.79 Å². The molecule has 1 saturated carbocycles. The van der Waals surface area contributed by atoms with E-state index in [-0.39, 0.29) is 12.1 Å². The van der Waals surface area contributed by atoms with E-state index in [0.29, 0.717) is 11.8 Å². The maximum Gasteiger partial charge on any atom is 0.302 e. The molecule has 1 rings (SSSR count). The molecule has 1 fully saturated rings. The van der Waals surface area contributed by atoms with Crippen molar-refractivity contribution in [2.45, 2.75) is 72.8 Å². The molecule has 0 aliphatic heterocycles. The van der Waals surface area contributed by atoms with E-state index in [1.165, 1.54) is 26.2 Å². The van der Waals surface area contributed by atoms with Gasteiger partial charge in [0.05, 0.1) is 0 Å². The topological polar surface area (TPSA) is 26.3 Å². The highest BCUT2D eigenvalue weighted by Crippen LogP contribution is 2.40. The Morgan fingerprint density at radius 2 is 2.00 bits per heavy atom. The standard InChI is InChI=1S/C16H30O2/c1-6-7-16(18-13(5)17)15-10-14(11(2)3)9-8-12(15)4/h11-12,14-16H,6-10H2,1-5H3/t12-,14+,15-,16-/m0/s1. The van der Waals surface area contributed by atoms with Crippen LogP contribution in [0.4, 0.5) is 0 Å². The van der Waals surface area contributed by atoms with E-state index in [1.54, 1.807) is 0 Å². The Morgan fingerprint density at radius 3 is 2.50 bits per heavy atom. The molecule has 0 unspecified atom stereocenters. The fourth-order valence-electron chi connectivity index (χ4n) is 3.37. The lowest BCUT2D eigenvalue weighted by atomic mass is 9.68. The molecule has 4 atom stereocenters.